The molecule has 2 heterocycles. The highest BCUT2D eigenvalue weighted by Crippen LogP contribution is 2.31. The fourth-order valence-corrected chi connectivity index (χ4v) is 3.29. The van der Waals surface area contributed by atoms with Gasteiger partial charge in [-0.1, -0.05) is 53.5 Å². The van der Waals surface area contributed by atoms with Crippen molar-refractivity contribution in [2.45, 2.75) is 6.54 Å². The van der Waals surface area contributed by atoms with Gasteiger partial charge >= 0.3 is 5.69 Å². The summed E-state index contributed by atoms with van der Waals surface area (Å²) in [5.74, 6) is 0.624. The molecule has 28 heavy (non-hydrogen) atoms. The van der Waals surface area contributed by atoms with E-state index in [0.717, 1.165) is 16.8 Å². The molecule has 0 aliphatic rings. The Morgan fingerprint density at radius 3 is 2.43 bits per heavy atom. The van der Waals surface area contributed by atoms with Gasteiger partial charge in [-0.3, -0.25) is 14.5 Å². The molecule has 0 bridgehead atoms. The van der Waals surface area contributed by atoms with Crippen molar-refractivity contribution in [2.24, 2.45) is 0 Å². The average Bonchev–Trinajstić information content (AvgIpc) is 3.06. The number of anilines is 1. The van der Waals surface area contributed by atoms with Gasteiger partial charge in [-0.15, -0.1) is 0 Å². The number of hydrogen-bond donors (Lipinski definition) is 2. The fourth-order valence-electron chi connectivity index (χ4n) is 2.99. The van der Waals surface area contributed by atoms with E-state index >= 15 is 0 Å². The van der Waals surface area contributed by atoms with E-state index in [1.54, 1.807) is 35.2 Å². The lowest BCUT2D eigenvalue weighted by molar-refractivity contribution is 0.993. The van der Waals surface area contributed by atoms with Crippen LogP contribution >= 0.6 is 23.2 Å². The first kappa shape index (κ1) is 18.3. The van der Waals surface area contributed by atoms with Crippen LogP contribution in [-0.2, 0) is 6.54 Å². The molecule has 0 unspecified atom stereocenters. The van der Waals surface area contributed by atoms with E-state index < -0.39 is 0 Å². The van der Waals surface area contributed by atoms with Gasteiger partial charge in [-0.25, -0.2) is 4.79 Å². The molecule has 2 aromatic heterocycles. The number of aromatic amines is 1. The third-order valence-corrected chi connectivity index (χ3v) is 5.06. The molecule has 0 spiro atoms. The third-order valence-electron chi connectivity index (χ3n) is 4.32. The minimum absolute atomic E-state index is 0.269. The lowest BCUT2D eigenvalue weighted by Gasteiger charge is -2.12. The SMILES string of the molecule is O=c1[nH]c(NCc2ccncc2)c(-c2ccccc2)n1-c1ccc(Cl)c(Cl)c1. The van der Waals surface area contributed by atoms with Gasteiger partial charge in [0.1, 0.15) is 5.82 Å². The standard InChI is InChI=1S/C21H16Cl2N4O/c22-17-7-6-16(12-18(17)23)27-19(15-4-2-1-3-5-15)20(26-21(27)28)25-13-14-8-10-24-11-9-14/h1-12,25H,13H2,(H,26,28). The lowest BCUT2D eigenvalue weighted by Crippen LogP contribution is -2.15. The van der Waals surface area contributed by atoms with Gasteiger partial charge in [0.2, 0.25) is 0 Å². The zero-order valence-corrected chi connectivity index (χ0v) is 16.2. The Morgan fingerprint density at radius 2 is 1.71 bits per heavy atom. The van der Waals surface area contributed by atoms with Crippen LogP contribution in [0, 0.1) is 0 Å². The van der Waals surface area contributed by atoms with Crippen molar-refractivity contribution in [1.82, 2.24) is 14.5 Å². The van der Waals surface area contributed by atoms with Crippen molar-refractivity contribution in [3.05, 3.63) is 99.2 Å². The van der Waals surface area contributed by atoms with Crippen LogP contribution in [0.25, 0.3) is 16.9 Å². The van der Waals surface area contributed by atoms with Crippen LogP contribution in [0.2, 0.25) is 10.0 Å². The van der Waals surface area contributed by atoms with Gasteiger partial charge in [0.15, 0.2) is 0 Å². The number of hydrogen-bond acceptors (Lipinski definition) is 3. The number of rotatable bonds is 5. The quantitative estimate of drug-likeness (QED) is 0.478. The average molecular weight is 411 g/mol. The van der Waals surface area contributed by atoms with E-state index in [9.17, 15) is 4.79 Å². The largest absolute Gasteiger partial charge is 0.366 e. The van der Waals surface area contributed by atoms with Crippen molar-refractivity contribution >= 4 is 29.0 Å². The summed E-state index contributed by atoms with van der Waals surface area (Å²) in [6.07, 6.45) is 3.47. The first-order valence-electron chi connectivity index (χ1n) is 8.62. The molecule has 140 valence electrons. The molecule has 2 N–H and O–H groups in total. The van der Waals surface area contributed by atoms with E-state index in [0.29, 0.717) is 28.1 Å². The van der Waals surface area contributed by atoms with Crippen LogP contribution in [-0.4, -0.2) is 14.5 Å². The van der Waals surface area contributed by atoms with E-state index in [-0.39, 0.29) is 5.69 Å². The zero-order valence-electron chi connectivity index (χ0n) is 14.7. The van der Waals surface area contributed by atoms with Gasteiger partial charge in [0.05, 0.1) is 21.4 Å². The summed E-state index contributed by atoms with van der Waals surface area (Å²) < 4.78 is 1.59. The van der Waals surface area contributed by atoms with Gasteiger partial charge in [0.25, 0.3) is 0 Å². The van der Waals surface area contributed by atoms with Gasteiger partial charge in [0, 0.05) is 24.5 Å². The van der Waals surface area contributed by atoms with Gasteiger partial charge < -0.3 is 5.32 Å². The smallest absolute Gasteiger partial charge is 0.332 e. The van der Waals surface area contributed by atoms with Crippen LogP contribution < -0.4 is 11.0 Å². The van der Waals surface area contributed by atoms with Crippen LogP contribution in [0.1, 0.15) is 5.56 Å². The Bertz CT molecular complexity index is 1150. The third kappa shape index (κ3) is 3.67. The molecule has 0 fully saturated rings. The Morgan fingerprint density at radius 1 is 0.964 bits per heavy atom. The van der Waals surface area contributed by atoms with E-state index in [1.165, 1.54) is 0 Å². The molecule has 2 aromatic carbocycles. The molecular formula is C21H16Cl2N4O. The minimum atomic E-state index is -0.269. The molecule has 4 rings (SSSR count). The summed E-state index contributed by atoms with van der Waals surface area (Å²) in [5, 5.41) is 4.14. The molecule has 0 atom stereocenters. The molecular weight excluding hydrogens is 395 g/mol. The maximum Gasteiger partial charge on any atom is 0.332 e. The van der Waals surface area contributed by atoms with E-state index in [2.05, 4.69) is 15.3 Å². The number of nitrogens with one attached hydrogen (secondary N) is 2. The van der Waals surface area contributed by atoms with E-state index in [1.807, 2.05) is 42.5 Å². The summed E-state index contributed by atoms with van der Waals surface area (Å²) in [4.78, 5) is 19.8. The van der Waals surface area contributed by atoms with Gasteiger partial charge in [-0.2, -0.15) is 0 Å². The Balaban J connectivity index is 1.83. The summed E-state index contributed by atoms with van der Waals surface area (Å²) in [7, 11) is 0. The Kier molecular flexibility index (Phi) is 5.19. The number of benzene rings is 2. The number of H-pyrrole nitrogens is 1. The number of pyridine rings is 1. The second kappa shape index (κ2) is 7.92. The van der Waals surface area contributed by atoms with Crippen molar-refractivity contribution in [3.8, 4) is 16.9 Å². The van der Waals surface area contributed by atoms with Crippen molar-refractivity contribution in [1.29, 1.82) is 0 Å². The predicted molar refractivity (Wildman–Crippen MR) is 113 cm³/mol. The molecule has 0 aliphatic heterocycles. The molecule has 5 nitrogen and oxygen atoms in total. The molecule has 0 radical (unpaired) electrons. The number of imidazole rings is 1. The first-order valence-corrected chi connectivity index (χ1v) is 9.38. The number of nitrogens with zero attached hydrogens (tertiary/aromatic N) is 2. The normalized spacial score (nSPS) is 10.8. The number of aromatic nitrogens is 3. The number of halogens is 2. The maximum absolute atomic E-state index is 12.8. The molecule has 7 heteroatoms. The summed E-state index contributed by atoms with van der Waals surface area (Å²) in [6, 6.07) is 18.7. The summed E-state index contributed by atoms with van der Waals surface area (Å²) in [5.41, 5.74) is 3.03. The Labute approximate surface area is 171 Å². The Hall–Kier alpha value is -3.02. The molecule has 0 aliphatic carbocycles. The molecule has 0 amide bonds. The maximum atomic E-state index is 12.8. The monoisotopic (exact) mass is 410 g/mol. The zero-order chi connectivity index (χ0) is 19.5. The van der Waals surface area contributed by atoms with Crippen molar-refractivity contribution in [3.63, 3.8) is 0 Å². The minimum Gasteiger partial charge on any atom is -0.366 e. The van der Waals surface area contributed by atoms with Crippen LogP contribution in [0.3, 0.4) is 0 Å². The highest BCUT2D eigenvalue weighted by Gasteiger charge is 2.18. The second-order valence-electron chi connectivity index (χ2n) is 6.16. The molecule has 0 saturated carbocycles. The first-order chi connectivity index (χ1) is 13.6. The van der Waals surface area contributed by atoms with Crippen LogP contribution in [0.15, 0.2) is 77.9 Å². The molecule has 0 saturated heterocycles. The van der Waals surface area contributed by atoms with Gasteiger partial charge in [-0.05, 0) is 35.9 Å². The molecule has 4 aromatic rings. The topological polar surface area (TPSA) is 62.7 Å². The van der Waals surface area contributed by atoms with Crippen LogP contribution in [0.5, 0.6) is 0 Å². The highest BCUT2D eigenvalue weighted by molar-refractivity contribution is 6.42. The lowest BCUT2D eigenvalue weighted by atomic mass is 10.1. The fraction of sp³-hybridized carbons (Fsp3) is 0.0476. The summed E-state index contributed by atoms with van der Waals surface area (Å²) in [6.45, 7) is 0.545. The van der Waals surface area contributed by atoms with E-state index in [4.69, 9.17) is 23.2 Å². The second-order valence-corrected chi connectivity index (χ2v) is 6.98. The van der Waals surface area contributed by atoms with Crippen molar-refractivity contribution in [2.75, 3.05) is 5.32 Å². The summed E-state index contributed by atoms with van der Waals surface area (Å²) >= 11 is 12.2. The highest BCUT2D eigenvalue weighted by atomic mass is 35.5. The van der Waals surface area contributed by atoms with Crippen molar-refractivity contribution < 1.29 is 0 Å². The predicted octanol–water partition coefficient (Wildman–Crippen LogP) is 5.15. The van der Waals surface area contributed by atoms with Crippen LogP contribution in [0.4, 0.5) is 5.82 Å².